The maximum atomic E-state index is 11.6. The molecule has 0 aromatic carbocycles. The normalized spacial score (nSPS) is 11.8. The standard InChI is InChI=1S/C12H21N3O4S/c1-8(2)20(17,18)6-5-19-11(16)7-15-10(4)12(13)9(3)14-15/h8H,5-7,13H2,1-4H3. The summed E-state index contributed by atoms with van der Waals surface area (Å²) in [5, 5.41) is 3.63. The number of esters is 1. The number of aromatic nitrogens is 2. The van der Waals surface area contributed by atoms with Gasteiger partial charge in [0.05, 0.1) is 28.1 Å². The fourth-order valence-corrected chi connectivity index (χ4v) is 2.33. The number of nitrogens with two attached hydrogens (primary N) is 1. The van der Waals surface area contributed by atoms with Crippen molar-refractivity contribution in [2.45, 2.75) is 39.5 Å². The predicted octanol–water partition coefficient (Wildman–Crippen LogP) is 0.449. The van der Waals surface area contributed by atoms with Crippen molar-refractivity contribution in [3.8, 4) is 0 Å². The average molecular weight is 303 g/mol. The topological polar surface area (TPSA) is 104 Å². The van der Waals surface area contributed by atoms with E-state index in [4.69, 9.17) is 10.5 Å². The van der Waals surface area contributed by atoms with Gasteiger partial charge < -0.3 is 10.5 Å². The molecule has 0 spiro atoms. The summed E-state index contributed by atoms with van der Waals surface area (Å²) < 4.78 is 29.5. The maximum absolute atomic E-state index is 11.6. The highest BCUT2D eigenvalue weighted by molar-refractivity contribution is 7.91. The van der Waals surface area contributed by atoms with E-state index in [1.165, 1.54) is 4.68 Å². The largest absolute Gasteiger partial charge is 0.463 e. The van der Waals surface area contributed by atoms with E-state index in [0.717, 1.165) is 0 Å². The van der Waals surface area contributed by atoms with E-state index in [1.54, 1.807) is 27.7 Å². The van der Waals surface area contributed by atoms with Crippen molar-refractivity contribution < 1.29 is 17.9 Å². The van der Waals surface area contributed by atoms with Gasteiger partial charge in [0.25, 0.3) is 0 Å². The van der Waals surface area contributed by atoms with Crippen molar-refractivity contribution in [3.05, 3.63) is 11.4 Å². The van der Waals surface area contributed by atoms with Crippen molar-refractivity contribution in [3.63, 3.8) is 0 Å². The Labute approximate surface area is 119 Å². The van der Waals surface area contributed by atoms with Crippen LogP contribution in [0.3, 0.4) is 0 Å². The third kappa shape index (κ3) is 3.96. The van der Waals surface area contributed by atoms with Gasteiger partial charge in [-0.15, -0.1) is 0 Å². The fourth-order valence-electron chi connectivity index (χ4n) is 1.54. The van der Waals surface area contributed by atoms with Crippen LogP contribution < -0.4 is 5.73 Å². The van der Waals surface area contributed by atoms with Crippen LogP contribution in [-0.2, 0) is 25.9 Å². The minimum absolute atomic E-state index is 0.0778. The Kier molecular flexibility index (Phi) is 5.15. The quantitative estimate of drug-likeness (QED) is 0.765. The first-order valence-electron chi connectivity index (χ1n) is 6.32. The highest BCUT2D eigenvalue weighted by Gasteiger charge is 2.17. The molecule has 0 aliphatic carbocycles. The predicted molar refractivity (Wildman–Crippen MR) is 76.0 cm³/mol. The fraction of sp³-hybridized carbons (Fsp3) is 0.667. The molecule has 0 aliphatic rings. The Bertz CT molecular complexity index is 590. The molecule has 8 heteroatoms. The Morgan fingerprint density at radius 3 is 2.45 bits per heavy atom. The van der Waals surface area contributed by atoms with Gasteiger partial charge in [0.15, 0.2) is 9.84 Å². The zero-order valence-electron chi connectivity index (χ0n) is 12.2. The van der Waals surface area contributed by atoms with Crippen LogP contribution in [0.5, 0.6) is 0 Å². The van der Waals surface area contributed by atoms with Gasteiger partial charge >= 0.3 is 5.97 Å². The molecule has 1 rings (SSSR count). The monoisotopic (exact) mass is 303 g/mol. The number of nitrogens with zero attached hydrogens (tertiary/aromatic N) is 2. The molecule has 0 saturated heterocycles. The summed E-state index contributed by atoms with van der Waals surface area (Å²) in [7, 11) is -3.20. The molecule has 0 amide bonds. The van der Waals surface area contributed by atoms with Gasteiger partial charge in [-0.05, 0) is 27.7 Å². The number of sulfone groups is 1. The number of hydrogen-bond acceptors (Lipinski definition) is 6. The van der Waals surface area contributed by atoms with Crippen LogP contribution in [0, 0.1) is 13.8 Å². The van der Waals surface area contributed by atoms with Crippen LogP contribution in [0.15, 0.2) is 0 Å². The number of hydrogen-bond donors (Lipinski definition) is 1. The summed E-state index contributed by atoms with van der Waals surface area (Å²) in [4.78, 5) is 11.6. The van der Waals surface area contributed by atoms with E-state index in [-0.39, 0.29) is 18.9 Å². The number of carbonyl (C=O) groups excluding carboxylic acids is 1. The maximum Gasteiger partial charge on any atom is 0.327 e. The van der Waals surface area contributed by atoms with Crippen LogP contribution in [-0.4, -0.2) is 41.8 Å². The molecule has 1 aromatic rings. The van der Waals surface area contributed by atoms with Gasteiger partial charge in [-0.2, -0.15) is 5.10 Å². The van der Waals surface area contributed by atoms with Crippen molar-refractivity contribution in [2.24, 2.45) is 0 Å². The molecule has 2 N–H and O–H groups in total. The Morgan fingerprint density at radius 2 is 2.00 bits per heavy atom. The second kappa shape index (κ2) is 6.25. The van der Waals surface area contributed by atoms with Crippen LogP contribution >= 0.6 is 0 Å². The van der Waals surface area contributed by atoms with E-state index in [2.05, 4.69) is 5.10 Å². The van der Waals surface area contributed by atoms with Gasteiger partial charge in [-0.25, -0.2) is 8.42 Å². The molecule has 0 atom stereocenters. The Balaban J connectivity index is 2.51. The molecule has 20 heavy (non-hydrogen) atoms. The third-order valence-corrected chi connectivity index (χ3v) is 5.24. The van der Waals surface area contributed by atoms with Crippen molar-refractivity contribution in [1.82, 2.24) is 9.78 Å². The smallest absolute Gasteiger partial charge is 0.327 e. The minimum Gasteiger partial charge on any atom is -0.463 e. The molecule has 0 saturated carbocycles. The molecule has 1 heterocycles. The molecule has 0 radical (unpaired) electrons. The van der Waals surface area contributed by atoms with E-state index in [9.17, 15) is 13.2 Å². The van der Waals surface area contributed by atoms with Gasteiger partial charge in [-0.3, -0.25) is 9.48 Å². The molecule has 1 aromatic heterocycles. The third-order valence-electron chi connectivity index (χ3n) is 3.07. The van der Waals surface area contributed by atoms with Crippen molar-refractivity contribution in [2.75, 3.05) is 18.1 Å². The summed E-state index contributed by atoms with van der Waals surface area (Å²) >= 11 is 0. The SMILES string of the molecule is Cc1nn(CC(=O)OCCS(=O)(=O)C(C)C)c(C)c1N. The second-order valence-corrected chi connectivity index (χ2v) is 7.56. The molecule has 0 fully saturated rings. The van der Waals surface area contributed by atoms with Crippen LogP contribution in [0.1, 0.15) is 25.2 Å². The number of ether oxygens (including phenoxy) is 1. The number of aryl methyl sites for hydroxylation is 1. The van der Waals surface area contributed by atoms with E-state index in [1.807, 2.05) is 0 Å². The lowest BCUT2D eigenvalue weighted by molar-refractivity contribution is -0.143. The summed E-state index contributed by atoms with van der Waals surface area (Å²) in [6.45, 7) is 6.47. The van der Waals surface area contributed by atoms with Crippen LogP contribution in [0.4, 0.5) is 5.69 Å². The van der Waals surface area contributed by atoms with Crippen molar-refractivity contribution in [1.29, 1.82) is 0 Å². The van der Waals surface area contributed by atoms with Gasteiger partial charge in [0, 0.05) is 0 Å². The molecule has 7 nitrogen and oxygen atoms in total. The Hall–Kier alpha value is -1.57. The summed E-state index contributed by atoms with van der Waals surface area (Å²) in [5.41, 5.74) is 7.64. The molecule has 114 valence electrons. The molecular weight excluding hydrogens is 282 g/mol. The summed E-state index contributed by atoms with van der Waals surface area (Å²) in [5.74, 6) is -0.704. The van der Waals surface area contributed by atoms with Crippen LogP contribution in [0.25, 0.3) is 0 Å². The zero-order chi connectivity index (χ0) is 15.5. The number of nitrogen functional groups attached to an aromatic ring is 1. The van der Waals surface area contributed by atoms with E-state index >= 15 is 0 Å². The lowest BCUT2D eigenvalue weighted by Gasteiger charge is -2.09. The first-order chi connectivity index (χ1) is 9.15. The first kappa shape index (κ1) is 16.5. The molecular formula is C12H21N3O4S. The molecule has 0 unspecified atom stereocenters. The van der Waals surface area contributed by atoms with Gasteiger partial charge in [0.2, 0.25) is 0 Å². The number of rotatable bonds is 6. The zero-order valence-corrected chi connectivity index (χ0v) is 13.0. The lowest BCUT2D eigenvalue weighted by atomic mass is 10.3. The highest BCUT2D eigenvalue weighted by atomic mass is 32.2. The molecule has 0 bridgehead atoms. The first-order valence-corrected chi connectivity index (χ1v) is 8.03. The van der Waals surface area contributed by atoms with Crippen molar-refractivity contribution >= 4 is 21.5 Å². The number of anilines is 1. The average Bonchev–Trinajstić information content (AvgIpc) is 2.56. The lowest BCUT2D eigenvalue weighted by Crippen LogP contribution is -2.24. The van der Waals surface area contributed by atoms with Crippen LogP contribution in [0.2, 0.25) is 0 Å². The Morgan fingerprint density at radius 1 is 1.40 bits per heavy atom. The van der Waals surface area contributed by atoms with E-state index in [0.29, 0.717) is 17.1 Å². The molecule has 0 aliphatic heterocycles. The van der Waals surface area contributed by atoms with E-state index < -0.39 is 21.1 Å². The second-order valence-electron chi connectivity index (χ2n) is 4.88. The summed E-state index contributed by atoms with van der Waals surface area (Å²) in [6, 6.07) is 0. The number of carbonyl (C=O) groups is 1. The van der Waals surface area contributed by atoms with Gasteiger partial charge in [0.1, 0.15) is 13.2 Å². The highest BCUT2D eigenvalue weighted by Crippen LogP contribution is 2.14. The summed E-state index contributed by atoms with van der Waals surface area (Å²) in [6.07, 6.45) is 0. The van der Waals surface area contributed by atoms with Gasteiger partial charge in [-0.1, -0.05) is 0 Å². The minimum atomic E-state index is -3.20.